The average molecular weight is 456 g/mol. The van der Waals surface area contributed by atoms with Gasteiger partial charge in [-0.1, -0.05) is 34.1 Å². The molecule has 1 atom stereocenters. The van der Waals surface area contributed by atoms with Gasteiger partial charge in [-0.25, -0.2) is 0 Å². The van der Waals surface area contributed by atoms with Crippen molar-refractivity contribution in [2.75, 3.05) is 13.2 Å². The second kappa shape index (κ2) is 7.65. The fourth-order valence-electron chi connectivity index (χ4n) is 4.14. The Hall–Kier alpha value is -2.64. The number of aromatic hydroxyl groups is 1. The number of H-pyrrole nitrogens is 1. The van der Waals surface area contributed by atoms with Crippen LogP contribution in [0.15, 0.2) is 40.9 Å². The molecule has 0 fully saturated rings. The van der Waals surface area contributed by atoms with Crippen LogP contribution in [0.2, 0.25) is 0 Å². The summed E-state index contributed by atoms with van der Waals surface area (Å²) in [5, 5.41) is 27.3. The number of phenols is 1. The van der Waals surface area contributed by atoms with E-state index in [1.165, 1.54) is 0 Å². The predicted molar refractivity (Wildman–Crippen MR) is 114 cm³/mol. The van der Waals surface area contributed by atoms with Gasteiger partial charge in [0, 0.05) is 28.8 Å². The third-order valence-corrected chi connectivity index (χ3v) is 5.77. The largest absolute Gasteiger partial charge is 0.507 e. The summed E-state index contributed by atoms with van der Waals surface area (Å²) >= 11 is 3.52. The van der Waals surface area contributed by atoms with E-state index in [1.807, 2.05) is 44.2 Å². The second-order valence-corrected chi connectivity index (χ2v) is 8.29. The van der Waals surface area contributed by atoms with Gasteiger partial charge in [-0.15, -0.1) is 0 Å². The lowest BCUT2D eigenvalue weighted by molar-refractivity contribution is 0.0732. The molecule has 2 aromatic carbocycles. The predicted octanol–water partition coefficient (Wildman–Crippen LogP) is 4.09. The Kier molecular flexibility index (Phi) is 5.19. The zero-order valence-corrected chi connectivity index (χ0v) is 17.8. The van der Waals surface area contributed by atoms with Crippen molar-refractivity contribution in [3.8, 4) is 17.0 Å². The number of nitrogens with zero attached hydrogens (tertiary/aromatic N) is 2. The lowest BCUT2D eigenvalue weighted by Gasteiger charge is -2.26. The molecule has 150 valence electrons. The molecule has 3 aromatic rings. The molecule has 7 heteroatoms. The van der Waals surface area contributed by atoms with Gasteiger partial charge < -0.3 is 15.1 Å². The summed E-state index contributed by atoms with van der Waals surface area (Å²) in [7, 11) is 0. The van der Waals surface area contributed by atoms with Crippen molar-refractivity contribution in [3.05, 3.63) is 68.8 Å². The summed E-state index contributed by atoms with van der Waals surface area (Å²) in [6.07, 6.45) is 0.484. The Bertz CT molecular complexity index is 1070. The van der Waals surface area contributed by atoms with Crippen LogP contribution in [0.4, 0.5) is 0 Å². The number of carbonyl (C=O) groups excluding carboxylic acids is 1. The number of benzene rings is 2. The highest BCUT2D eigenvalue weighted by molar-refractivity contribution is 9.10. The van der Waals surface area contributed by atoms with Crippen LogP contribution >= 0.6 is 15.9 Å². The first-order valence-electron chi connectivity index (χ1n) is 9.48. The Morgan fingerprint density at radius 1 is 1.24 bits per heavy atom. The van der Waals surface area contributed by atoms with Gasteiger partial charge >= 0.3 is 0 Å². The maximum Gasteiger partial charge on any atom is 0.273 e. The summed E-state index contributed by atoms with van der Waals surface area (Å²) in [5.41, 5.74) is 5.20. The summed E-state index contributed by atoms with van der Waals surface area (Å²) in [6, 6.07) is 11.2. The number of nitrogens with one attached hydrogen (secondary N) is 1. The minimum absolute atomic E-state index is 0.00584. The van der Waals surface area contributed by atoms with Gasteiger partial charge in [0.1, 0.15) is 17.1 Å². The molecule has 3 N–H and O–H groups in total. The highest BCUT2D eigenvalue weighted by Gasteiger charge is 2.42. The van der Waals surface area contributed by atoms with Gasteiger partial charge in [0.2, 0.25) is 0 Å². The van der Waals surface area contributed by atoms with E-state index in [4.69, 9.17) is 0 Å². The zero-order valence-electron chi connectivity index (χ0n) is 16.2. The molecule has 0 spiro atoms. The number of aryl methyl sites for hydroxylation is 2. The quantitative estimate of drug-likeness (QED) is 0.540. The zero-order chi connectivity index (χ0) is 20.7. The van der Waals surface area contributed by atoms with Crippen LogP contribution in [0.3, 0.4) is 0 Å². The average Bonchev–Trinajstić information content (AvgIpc) is 3.19. The molecule has 29 heavy (non-hydrogen) atoms. The van der Waals surface area contributed by atoms with E-state index >= 15 is 0 Å². The number of carbonyl (C=O) groups is 1. The van der Waals surface area contributed by atoms with Crippen LogP contribution in [0.25, 0.3) is 11.3 Å². The number of amides is 1. The Labute approximate surface area is 177 Å². The van der Waals surface area contributed by atoms with E-state index in [1.54, 1.807) is 11.0 Å². The normalized spacial score (nSPS) is 15.8. The third kappa shape index (κ3) is 3.34. The molecule has 0 radical (unpaired) electrons. The fourth-order valence-corrected chi connectivity index (χ4v) is 4.55. The molecule has 6 nitrogen and oxygen atoms in total. The maximum absolute atomic E-state index is 13.1. The third-order valence-electron chi connectivity index (χ3n) is 5.28. The highest BCUT2D eigenvalue weighted by atomic mass is 79.9. The van der Waals surface area contributed by atoms with Gasteiger partial charge in [0.25, 0.3) is 5.91 Å². The Morgan fingerprint density at radius 2 is 2.03 bits per heavy atom. The molecule has 1 aliphatic rings. The number of hydrogen-bond acceptors (Lipinski definition) is 4. The number of aliphatic hydroxyl groups excluding tert-OH is 1. The van der Waals surface area contributed by atoms with Crippen molar-refractivity contribution in [3.63, 3.8) is 0 Å². The molecule has 4 rings (SSSR count). The van der Waals surface area contributed by atoms with Crippen molar-refractivity contribution in [2.24, 2.45) is 0 Å². The van der Waals surface area contributed by atoms with Crippen LogP contribution in [0, 0.1) is 13.8 Å². The van der Waals surface area contributed by atoms with Gasteiger partial charge in [-0.3, -0.25) is 9.89 Å². The lowest BCUT2D eigenvalue weighted by atomic mass is 9.93. The topological polar surface area (TPSA) is 89.5 Å². The number of aromatic amines is 1. The first-order chi connectivity index (χ1) is 13.9. The number of hydrogen-bond donors (Lipinski definition) is 3. The van der Waals surface area contributed by atoms with Crippen LogP contribution in [-0.2, 0) is 0 Å². The molecule has 0 bridgehead atoms. The fraction of sp³-hybridized carbons (Fsp3) is 0.273. The smallest absolute Gasteiger partial charge is 0.273 e. The van der Waals surface area contributed by atoms with Crippen LogP contribution in [0.5, 0.6) is 5.75 Å². The molecule has 1 unspecified atom stereocenters. The minimum Gasteiger partial charge on any atom is -0.507 e. The number of halogens is 1. The summed E-state index contributed by atoms with van der Waals surface area (Å²) in [6.45, 7) is 4.28. The standard InChI is InChI=1S/C22H22BrN3O3/c1-12-9-13(2)17(16(28)10-12)19-18-20(25-24-19)22(29)26(7-4-8-27)21(18)14-5-3-6-15(23)11-14/h3,5-6,9-11,21,27-28H,4,7-8H2,1-2H3,(H,24,25). The second-order valence-electron chi connectivity index (χ2n) is 7.37. The molecule has 1 aromatic heterocycles. The molecule has 0 saturated heterocycles. The SMILES string of the molecule is Cc1cc(C)c(-c2n[nH]c3c2C(c2cccc(Br)c2)N(CCCO)C3=O)c(O)c1. The van der Waals surface area contributed by atoms with E-state index in [0.717, 1.165) is 26.7 Å². The van der Waals surface area contributed by atoms with E-state index in [-0.39, 0.29) is 24.3 Å². The lowest BCUT2D eigenvalue weighted by Crippen LogP contribution is -2.31. The highest BCUT2D eigenvalue weighted by Crippen LogP contribution is 2.45. The first-order valence-corrected chi connectivity index (χ1v) is 10.3. The minimum atomic E-state index is -0.351. The van der Waals surface area contributed by atoms with Crippen molar-refractivity contribution in [1.82, 2.24) is 15.1 Å². The number of aromatic nitrogens is 2. The van der Waals surface area contributed by atoms with Crippen molar-refractivity contribution >= 4 is 21.8 Å². The molecule has 0 aliphatic carbocycles. The monoisotopic (exact) mass is 455 g/mol. The van der Waals surface area contributed by atoms with E-state index < -0.39 is 0 Å². The van der Waals surface area contributed by atoms with Gasteiger partial charge in [-0.05, 0) is 55.2 Å². The van der Waals surface area contributed by atoms with E-state index in [2.05, 4.69) is 26.1 Å². The maximum atomic E-state index is 13.1. The van der Waals surface area contributed by atoms with Crippen molar-refractivity contribution in [2.45, 2.75) is 26.3 Å². The molecular weight excluding hydrogens is 434 g/mol. The van der Waals surface area contributed by atoms with Crippen molar-refractivity contribution in [1.29, 1.82) is 0 Å². The number of phenolic OH excluding ortho intramolecular Hbond substituents is 1. The van der Waals surface area contributed by atoms with Crippen LogP contribution in [0.1, 0.15) is 45.2 Å². The number of aliphatic hydroxyl groups is 1. The Balaban J connectivity index is 1.92. The molecule has 1 aliphatic heterocycles. The van der Waals surface area contributed by atoms with E-state index in [0.29, 0.717) is 29.9 Å². The number of fused-ring (bicyclic) bond motifs is 1. The summed E-state index contributed by atoms with van der Waals surface area (Å²) in [5.74, 6) is -0.00696. The summed E-state index contributed by atoms with van der Waals surface area (Å²) in [4.78, 5) is 14.9. The van der Waals surface area contributed by atoms with Gasteiger partial charge in [0.05, 0.1) is 6.04 Å². The Morgan fingerprint density at radius 3 is 2.72 bits per heavy atom. The molecule has 2 heterocycles. The molecule has 0 saturated carbocycles. The van der Waals surface area contributed by atoms with Gasteiger partial charge in [-0.2, -0.15) is 5.10 Å². The van der Waals surface area contributed by atoms with Crippen LogP contribution < -0.4 is 0 Å². The van der Waals surface area contributed by atoms with Gasteiger partial charge in [0.15, 0.2) is 0 Å². The molecule has 1 amide bonds. The van der Waals surface area contributed by atoms with Crippen LogP contribution in [-0.4, -0.2) is 44.4 Å². The summed E-state index contributed by atoms with van der Waals surface area (Å²) < 4.78 is 0.914. The number of rotatable bonds is 5. The van der Waals surface area contributed by atoms with E-state index in [9.17, 15) is 15.0 Å². The van der Waals surface area contributed by atoms with Crippen molar-refractivity contribution < 1.29 is 15.0 Å². The molecular formula is C22H22BrN3O3. The first kappa shape index (κ1) is 19.7.